The first kappa shape index (κ1) is 15.5. The molecular weight excluding hydrogens is 264 g/mol. The number of anilines is 1. The maximum Gasteiger partial charge on any atom is 0.232 e. The van der Waals surface area contributed by atoms with Gasteiger partial charge < -0.3 is 5.32 Å². The van der Waals surface area contributed by atoms with E-state index in [9.17, 15) is 13.2 Å². The lowest BCUT2D eigenvalue weighted by molar-refractivity contribution is -0.119. The van der Waals surface area contributed by atoms with E-state index < -0.39 is 10.0 Å². The smallest absolute Gasteiger partial charge is 0.232 e. The SMILES string of the molecule is CNC(=O)Cc1ccc(NS(=O)(=O)CC(C)C)cc1. The number of hydrogen-bond donors (Lipinski definition) is 2. The summed E-state index contributed by atoms with van der Waals surface area (Å²) in [5, 5.41) is 2.54. The van der Waals surface area contributed by atoms with Crippen molar-refractivity contribution in [3.63, 3.8) is 0 Å². The van der Waals surface area contributed by atoms with Gasteiger partial charge in [0.25, 0.3) is 0 Å². The number of nitrogens with one attached hydrogen (secondary N) is 2. The second-order valence-electron chi connectivity index (χ2n) is 4.82. The fraction of sp³-hybridized carbons (Fsp3) is 0.462. The first-order valence-corrected chi connectivity index (χ1v) is 7.77. The van der Waals surface area contributed by atoms with Gasteiger partial charge in [0.15, 0.2) is 0 Å². The molecule has 5 nitrogen and oxygen atoms in total. The summed E-state index contributed by atoms with van der Waals surface area (Å²) in [5.41, 5.74) is 1.35. The number of amides is 1. The molecule has 0 saturated carbocycles. The highest BCUT2D eigenvalue weighted by atomic mass is 32.2. The van der Waals surface area contributed by atoms with Crippen LogP contribution in [0.25, 0.3) is 0 Å². The molecule has 2 N–H and O–H groups in total. The van der Waals surface area contributed by atoms with Crippen molar-refractivity contribution >= 4 is 21.6 Å². The van der Waals surface area contributed by atoms with Crippen molar-refractivity contribution in [3.05, 3.63) is 29.8 Å². The molecule has 0 aliphatic rings. The van der Waals surface area contributed by atoms with E-state index >= 15 is 0 Å². The van der Waals surface area contributed by atoms with Crippen LogP contribution >= 0.6 is 0 Å². The fourth-order valence-electron chi connectivity index (χ4n) is 1.62. The van der Waals surface area contributed by atoms with Crippen molar-refractivity contribution in [1.29, 1.82) is 0 Å². The Labute approximate surface area is 114 Å². The van der Waals surface area contributed by atoms with Crippen molar-refractivity contribution in [3.8, 4) is 0 Å². The Morgan fingerprint density at radius 3 is 2.26 bits per heavy atom. The third kappa shape index (κ3) is 5.74. The monoisotopic (exact) mass is 284 g/mol. The van der Waals surface area contributed by atoms with Crippen LogP contribution in [0.1, 0.15) is 19.4 Å². The van der Waals surface area contributed by atoms with Crippen molar-refractivity contribution in [2.24, 2.45) is 5.92 Å². The van der Waals surface area contributed by atoms with Gasteiger partial charge >= 0.3 is 0 Å². The molecule has 0 spiro atoms. The van der Waals surface area contributed by atoms with Gasteiger partial charge in [0.05, 0.1) is 12.2 Å². The van der Waals surface area contributed by atoms with Gasteiger partial charge in [-0.2, -0.15) is 0 Å². The van der Waals surface area contributed by atoms with E-state index in [1.807, 2.05) is 13.8 Å². The second-order valence-corrected chi connectivity index (χ2v) is 6.59. The van der Waals surface area contributed by atoms with Crippen molar-refractivity contribution < 1.29 is 13.2 Å². The highest BCUT2D eigenvalue weighted by Gasteiger charge is 2.12. The Bertz CT molecular complexity index is 521. The van der Waals surface area contributed by atoms with Crippen LogP contribution in [0.5, 0.6) is 0 Å². The summed E-state index contributed by atoms with van der Waals surface area (Å²) < 4.78 is 26.0. The minimum Gasteiger partial charge on any atom is -0.359 e. The minimum atomic E-state index is -3.30. The highest BCUT2D eigenvalue weighted by Crippen LogP contribution is 2.13. The molecule has 1 aromatic carbocycles. The summed E-state index contributed by atoms with van der Waals surface area (Å²) in [5.74, 6) is 0.0886. The van der Waals surface area contributed by atoms with E-state index in [1.54, 1.807) is 31.3 Å². The van der Waals surface area contributed by atoms with E-state index in [1.165, 1.54) is 0 Å². The molecule has 0 aliphatic heterocycles. The molecule has 0 saturated heterocycles. The molecule has 0 bridgehead atoms. The number of likely N-dealkylation sites (N-methyl/N-ethyl adjacent to an activating group) is 1. The molecule has 6 heteroatoms. The zero-order valence-electron chi connectivity index (χ0n) is 11.4. The Morgan fingerprint density at radius 1 is 1.21 bits per heavy atom. The zero-order valence-corrected chi connectivity index (χ0v) is 12.3. The molecule has 0 radical (unpaired) electrons. The summed E-state index contributed by atoms with van der Waals surface area (Å²) in [7, 11) is -1.72. The van der Waals surface area contributed by atoms with Crippen LogP contribution in [0.3, 0.4) is 0 Å². The molecule has 0 fully saturated rings. The molecule has 0 aliphatic carbocycles. The van der Waals surface area contributed by atoms with Crippen LogP contribution in [-0.2, 0) is 21.2 Å². The summed E-state index contributed by atoms with van der Waals surface area (Å²) in [4.78, 5) is 11.2. The Morgan fingerprint density at radius 2 is 1.79 bits per heavy atom. The third-order valence-corrected chi connectivity index (χ3v) is 4.08. The molecule has 0 atom stereocenters. The summed E-state index contributed by atoms with van der Waals surface area (Å²) in [6.07, 6.45) is 0.287. The van der Waals surface area contributed by atoms with Crippen LogP contribution in [0, 0.1) is 5.92 Å². The van der Waals surface area contributed by atoms with E-state index in [0.717, 1.165) is 5.56 Å². The Kier molecular flexibility index (Phi) is 5.35. The molecule has 1 amide bonds. The average molecular weight is 284 g/mol. The first-order chi connectivity index (χ1) is 8.82. The average Bonchev–Trinajstić information content (AvgIpc) is 2.29. The lowest BCUT2D eigenvalue weighted by Crippen LogP contribution is -2.20. The van der Waals surface area contributed by atoms with Crippen molar-refractivity contribution in [2.75, 3.05) is 17.5 Å². The quantitative estimate of drug-likeness (QED) is 0.828. The number of benzene rings is 1. The second kappa shape index (κ2) is 6.56. The molecule has 0 aromatic heterocycles. The molecule has 0 heterocycles. The van der Waals surface area contributed by atoms with Gasteiger partial charge in [-0.3, -0.25) is 9.52 Å². The predicted octanol–water partition coefficient (Wildman–Crippen LogP) is 1.37. The van der Waals surface area contributed by atoms with Crippen LogP contribution in [0.4, 0.5) is 5.69 Å². The number of carbonyl (C=O) groups is 1. The number of sulfonamides is 1. The molecule has 0 unspecified atom stereocenters. The maximum absolute atomic E-state index is 11.7. The zero-order chi connectivity index (χ0) is 14.5. The van der Waals surface area contributed by atoms with Gasteiger partial charge in [0.1, 0.15) is 0 Å². The minimum absolute atomic E-state index is 0.0741. The topological polar surface area (TPSA) is 75.3 Å². The summed E-state index contributed by atoms with van der Waals surface area (Å²) in [6.45, 7) is 3.71. The van der Waals surface area contributed by atoms with Gasteiger partial charge in [0, 0.05) is 12.7 Å². The standard InChI is InChI=1S/C13H20N2O3S/c1-10(2)9-19(17,18)15-12-6-4-11(5-7-12)8-13(16)14-3/h4-7,10,15H,8-9H2,1-3H3,(H,14,16). The third-order valence-electron chi connectivity index (χ3n) is 2.42. The van der Waals surface area contributed by atoms with Crippen LogP contribution in [-0.4, -0.2) is 27.1 Å². The summed E-state index contributed by atoms with van der Waals surface area (Å²) in [6, 6.07) is 6.80. The van der Waals surface area contributed by atoms with Crippen molar-refractivity contribution in [2.45, 2.75) is 20.3 Å². The first-order valence-electron chi connectivity index (χ1n) is 6.12. The van der Waals surface area contributed by atoms with Gasteiger partial charge in [-0.15, -0.1) is 0 Å². The van der Waals surface area contributed by atoms with E-state index in [-0.39, 0.29) is 24.0 Å². The number of hydrogen-bond acceptors (Lipinski definition) is 3. The predicted molar refractivity (Wildman–Crippen MR) is 76.5 cm³/mol. The van der Waals surface area contributed by atoms with Gasteiger partial charge in [-0.1, -0.05) is 26.0 Å². The van der Waals surface area contributed by atoms with Crippen LogP contribution in [0.2, 0.25) is 0 Å². The summed E-state index contributed by atoms with van der Waals surface area (Å²) >= 11 is 0. The molecular formula is C13H20N2O3S. The molecule has 106 valence electrons. The number of rotatable bonds is 6. The van der Waals surface area contributed by atoms with Crippen molar-refractivity contribution in [1.82, 2.24) is 5.32 Å². The Balaban J connectivity index is 2.69. The highest BCUT2D eigenvalue weighted by molar-refractivity contribution is 7.92. The molecule has 19 heavy (non-hydrogen) atoms. The van der Waals surface area contributed by atoms with E-state index in [0.29, 0.717) is 5.69 Å². The lowest BCUT2D eigenvalue weighted by Gasteiger charge is -2.10. The van der Waals surface area contributed by atoms with Gasteiger partial charge in [0.2, 0.25) is 15.9 Å². The van der Waals surface area contributed by atoms with Crippen LogP contribution in [0.15, 0.2) is 24.3 Å². The van der Waals surface area contributed by atoms with E-state index in [2.05, 4.69) is 10.0 Å². The number of carbonyl (C=O) groups excluding carboxylic acids is 1. The van der Waals surface area contributed by atoms with E-state index in [4.69, 9.17) is 0 Å². The van der Waals surface area contributed by atoms with Gasteiger partial charge in [-0.05, 0) is 23.6 Å². The largest absolute Gasteiger partial charge is 0.359 e. The lowest BCUT2D eigenvalue weighted by atomic mass is 10.1. The maximum atomic E-state index is 11.7. The molecule has 1 rings (SSSR count). The fourth-order valence-corrected chi connectivity index (χ4v) is 3.08. The van der Waals surface area contributed by atoms with Gasteiger partial charge in [-0.25, -0.2) is 8.42 Å². The van der Waals surface area contributed by atoms with Crippen LogP contribution < -0.4 is 10.0 Å². The molecule has 1 aromatic rings. The Hall–Kier alpha value is -1.56. The normalized spacial score (nSPS) is 11.4.